The maximum Gasteiger partial charge on any atom is 0.220 e. The van der Waals surface area contributed by atoms with Crippen molar-refractivity contribution in [3.63, 3.8) is 0 Å². The summed E-state index contributed by atoms with van der Waals surface area (Å²) in [6.07, 6.45) is 0. The quantitative estimate of drug-likeness (QED) is 0.689. The van der Waals surface area contributed by atoms with Crippen molar-refractivity contribution in [3.05, 3.63) is 0 Å². The molecule has 0 aliphatic carbocycles. The summed E-state index contributed by atoms with van der Waals surface area (Å²) in [6, 6.07) is -0.114. The Bertz CT molecular complexity index is 298. The van der Waals surface area contributed by atoms with Crippen LogP contribution in [0.25, 0.3) is 0 Å². The summed E-state index contributed by atoms with van der Waals surface area (Å²) in [5.41, 5.74) is 5.29. The molecule has 0 fully saturated rings. The topological polar surface area (TPSA) is 72.2 Å². The lowest BCUT2D eigenvalue weighted by Gasteiger charge is -2.20. The highest BCUT2D eigenvalue weighted by atomic mass is 32.2. The summed E-state index contributed by atoms with van der Waals surface area (Å²) in [4.78, 5) is -0.00606. The van der Waals surface area contributed by atoms with Crippen LogP contribution < -0.4 is 10.5 Å². The fraction of sp³-hybridized carbons (Fsp3) is 0.875. The Morgan fingerprint density at radius 1 is 1.29 bits per heavy atom. The fourth-order valence-corrected chi connectivity index (χ4v) is 2.33. The molecule has 0 saturated heterocycles. The molecule has 0 spiro atoms. The molecule has 0 aromatic rings. The van der Waals surface area contributed by atoms with Crippen molar-refractivity contribution in [2.75, 3.05) is 0 Å². The lowest BCUT2D eigenvalue weighted by Crippen LogP contribution is -2.45. The molecule has 0 bridgehead atoms. The Morgan fingerprint density at radius 3 is 2.00 bits per heavy atom. The number of thiocarbonyl (C=S) groups is 1. The molecule has 0 rings (SSSR count). The van der Waals surface area contributed by atoms with Gasteiger partial charge in [0.1, 0.15) is 5.25 Å². The highest BCUT2D eigenvalue weighted by molar-refractivity contribution is 7.93. The van der Waals surface area contributed by atoms with Crippen LogP contribution in [0.4, 0.5) is 0 Å². The third-order valence-corrected chi connectivity index (χ3v) is 4.60. The van der Waals surface area contributed by atoms with Crippen molar-refractivity contribution in [3.8, 4) is 0 Å². The van der Waals surface area contributed by atoms with E-state index in [1.807, 2.05) is 20.8 Å². The maximum absolute atomic E-state index is 11.6. The predicted octanol–water partition coefficient (Wildman–Crippen LogP) is 0.625. The lowest BCUT2D eigenvalue weighted by atomic mass is 10.1. The first-order valence-electron chi connectivity index (χ1n) is 4.49. The van der Waals surface area contributed by atoms with Crippen molar-refractivity contribution in [2.24, 2.45) is 11.7 Å². The van der Waals surface area contributed by atoms with E-state index in [-0.39, 0.29) is 16.9 Å². The van der Waals surface area contributed by atoms with E-state index in [0.717, 1.165) is 0 Å². The van der Waals surface area contributed by atoms with Crippen molar-refractivity contribution < 1.29 is 8.42 Å². The van der Waals surface area contributed by atoms with Crippen LogP contribution in [0, 0.1) is 5.92 Å². The van der Waals surface area contributed by atoms with Gasteiger partial charge in [-0.05, 0) is 19.8 Å². The second kappa shape index (κ2) is 5.04. The zero-order chi connectivity index (χ0) is 11.5. The van der Waals surface area contributed by atoms with Crippen molar-refractivity contribution in [2.45, 2.75) is 39.0 Å². The Hall–Kier alpha value is -0.200. The van der Waals surface area contributed by atoms with Gasteiger partial charge in [-0.15, -0.1) is 0 Å². The molecule has 2 atom stereocenters. The standard InChI is InChI=1S/C8H18N2O2S2/c1-5(2)6(3)10-14(11,12)7(4)8(9)13/h5-7,10H,1-4H3,(H2,9,13). The average Bonchev–Trinajstić information content (AvgIpc) is 2.01. The molecule has 0 amide bonds. The largest absolute Gasteiger partial charge is 0.392 e. The number of nitrogens with two attached hydrogens (primary N) is 1. The first-order valence-corrected chi connectivity index (χ1v) is 6.44. The minimum absolute atomic E-state index is 0.00606. The van der Waals surface area contributed by atoms with E-state index in [1.54, 1.807) is 0 Å². The van der Waals surface area contributed by atoms with Crippen LogP contribution in [-0.4, -0.2) is 24.7 Å². The summed E-state index contributed by atoms with van der Waals surface area (Å²) < 4.78 is 25.8. The van der Waals surface area contributed by atoms with E-state index in [1.165, 1.54) is 6.92 Å². The average molecular weight is 238 g/mol. The van der Waals surface area contributed by atoms with Crippen LogP contribution >= 0.6 is 12.2 Å². The van der Waals surface area contributed by atoms with Gasteiger partial charge >= 0.3 is 0 Å². The fourth-order valence-electron chi connectivity index (χ4n) is 0.650. The molecule has 14 heavy (non-hydrogen) atoms. The third-order valence-electron chi connectivity index (χ3n) is 2.22. The van der Waals surface area contributed by atoms with Crippen LogP contribution in [0.5, 0.6) is 0 Å². The number of rotatable bonds is 5. The van der Waals surface area contributed by atoms with Gasteiger partial charge in [0.15, 0.2) is 0 Å². The molecule has 0 aliphatic rings. The molecule has 0 aromatic heterocycles. The Morgan fingerprint density at radius 2 is 1.71 bits per heavy atom. The summed E-state index contributed by atoms with van der Waals surface area (Å²) in [5, 5.41) is -0.821. The first kappa shape index (κ1) is 13.8. The molecule has 4 nitrogen and oxygen atoms in total. The molecule has 0 aromatic carbocycles. The minimum atomic E-state index is -3.42. The van der Waals surface area contributed by atoms with Gasteiger partial charge in [0, 0.05) is 6.04 Å². The first-order chi connectivity index (χ1) is 6.18. The molecule has 3 N–H and O–H groups in total. The SMILES string of the molecule is CC(C)C(C)NS(=O)(=O)C(C)C(N)=S. The molecule has 0 aliphatic heterocycles. The highest BCUT2D eigenvalue weighted by Crippen LogP contribution is 2.05. The maximum atomic E-state index is 11.6. The number of hydrogen-bond donors (Lipinski definition) is 2. The monoisotopic (exact) mass is 238 g/mol. The van der Waals surface area contributed by atoms with Gasteiger partial charge in [-0.2, -0.15) is 0 Å². The Balaban J connectivity index is 4.58. The third kappa shape index (κ3) is 3.89. The van der Waals surface area contributed by atoms with Crippen LogP contribution in [0.3, 0.4) is 0 Å². The molecule has 0 saturated carbocycles. The minimum Gasteiger partial charge on any atom is -0.392 e. The molecule has 6 heteroatoms. The van der Waals surface area contributed by atoms with Gasteiger partial charge in [0.2, 0.25) is 10.0 Å². The predicted molar refractivity (Wildman–Crippen MR) is 62.6 cm³/mol. The number of nitrogens with one attached hydrogen (secondary N) is 1. The normalized spacial score (nSPS) is 16.6. The summed E-state index contributed by atoms with van der Waals surface area (Å²) in [5.74, 6) is 0.239. The zero-order valence-electron chi connectivity index (χ0n) is 8.94. The van der Waals surface area contributed by atoms with E-state index in [9.17, 15) is 8.42 Å². The molecule has 0 heterocycles. The molecular weight excluding hydrogens is 220 g/mol. The van der Waals surface area contributed by atoms with Gasteiger partial charge in [0.05, 0.1) is 4.99 Å². The number of hydrogen-bond acceptors (Lipinski definition) is 3. The Kier molecular flexibility index (Phi) is 4.97. The van der Waals surface area contributed by atoms with Crippen molar-refractivity contribution in [1.82, 2.24) is 4.72 Å². The van der Waals surface area contributed by atoms with Crippen LogP contribution in [-0.2, 0) is 10.0 Å². The van der Waals surface area contributed by atoms with Gasteiger partial charge in [-0.25, -0.2) is 13.1 Å². The zero-order valence-corrected chi connectivity index (χ0v) is 10.6. The van der Waals surface area contributed by atoms with Gasteiger partial charge in [-0.3, -0.25) is 0 Å². The van der Waals surface area contributed by atoms with Crippen molar-refractivity contribution >= 4 is 27.2 Å². The lowest BCUT2D eigenvalue weighted by molar-refractivity contribution is 0.475. The number of sulfonamides is 1. The van der Waals surface area contributed by atoms with Gasteiger partial charge in [-0.1, -0.05) is 26.1 Å². The molecular formula is C8H18N2O2S2. The highest BCUT2D eigenvalue weighted by Gasteiger charge is 2.25. The summed E-state index contributed by atoms with van der Waals surface area (Å²) in [6.45, 7) is 7.18. The van der Waals surface area contributed by atoms with Crippen LogP contribution in [0.15, 0.2) is 0 Å². The van der Waals surface area contributed by atoms with Crippen LogP contribution in [0.2, 0.25) is 0 Å². The molecule has 84 valence electrons. The molecule has 2 unspecified atom stereocenters. The van der Waals surface area contributed by atoms with E-state index in [0.29, 0.717) is 0 Å². The smallest absolute Gasteiger partial charge is 0.220 e. The Labute approximate surface area is 91.3 Å². The second-order valence-electron chi connectivity index (χ2n) is 3.74. The van der Waals surface area contributed by atoms with E-state index < -0.39 is 15.3 Å². The van der Waals surface area contributed by atoms with E-state index in [4.69, 9.17) is 5.73 Å². The van der Waals surface area contributed by atoms with E-state index >= 15 is 0 Å². The van der Waals surface area contributed by atoms with E-state index in [2.05, 4.69) is 16.9 Å². The van der Waals surface area contributed by atoms with Crippen molar-refractivity contribution in [1.29, 1.82) is 0 Å². The van der Waals surface area contributed by atoms with Gasteiger partial charge < -0.3 is 5.73 Å². The summed E-state index contributed by atoms with van der Waals surface area (Å²) >= 11 is 4.64. The summed E-state index contributed by atoms with van der Waals surface area (Å²) in [7, 11) is -3.42. The second-order valence-corrected chi connectivity index (χ2v) is 6.24. The molecule has 0 radical (unpaired) electrons. The van der Waals surface area contributed by atoms with Gasteiger partial charge in [0.25, 0.3) is 0 Å². The van der Waals surface area contributed by atoms with Crippen LogP contribution in [0.1, 0.15) is 27.7 Å².